The number of amides is 1. The van der Waals surface area contributed by atoms with Crippen LogP contribution >= 0.6 is 0 Å². The summed E-state index contributed by atoms with van der Waals surface area (Å²) in [5, 5.41) is 4.23. The van der Waals surface area contributed by atoms with Gasteiger partial charge in [-0.15, -0.1) is 0 Å². The van der Waals surface area contributed by atoms with E-state index in [0.29, 0.717) is 6.54 Å². The summed E-state index contributed by atoms with van der Waals surface area (Å²) < 4.78 is 42.0. The van der Waals surface area contributed by atoms with Gasteiger partial charge in [-0.05, 0) is 12.1 Å². The highest BCUT2D eigenvalue weighted by Crippen LogP contribution is 2.14. The minimum atomic E-state index is -4.37. The molecular weight excluding hydrogens is 323 g/mol. The summed E-state index contributed by atoms with van der Waals surface area (Å²) in [6.07, 6.45) is -1.02. The molecule has 2 rings (SSSR count). The van der Waals surface area contributed by atoms with Crippen molar-refractivity contribution in [2.45, 2.75) is 19.1 Å². The third-order valence-corrected chi connectivity index (χ3v) is 3.23. The van der Waals surface area contributed by atoms with E-state index in [1.807, 2.05) is 30.3 Å². The molecule has 0 bridgehead atoms. The van der Waals surface area contributed by atoms with Crippen LogP contribution in [0.2, 0.25) is 0 Å². The second-order valence-corrected chi connectivity index (χ2v) is 5.30. The number of alkyl halides is 3. The van der Waals surface area contributed by atoms with Crippen LogP contribution in [0.15, 0.2) is 42.7 Å². The Morgan fingerprint density at radius 2 is 2.00 bits per heavy atom. The quantitative estimate of drug-likeness (QED) is 0.728. The highest BCUT2D eigenvalue weighted by atomic mass is 19.4. The van der Waals surface area contributed by atoms with Crippen molar-refractivity contribution in [1.82, 2.24) is 14.7 Å². The lowest BCUT2D eigenvalue weighted by molar-refractivity contribution is -0.175. The van der Waals surface area contributed by atoms with Gasteiger partial charge in [-0.2, -0.15) is 18.3 Å². The van der Waals surface area contributed by atoms with Gasteiger partial charge in [0.2, 0.25) is 5.91 Å². The molecule has 0 N–H and O–H groups in total. The van der Waals surface area contributed by atoms with Gasteiger partial charge < -0.3 is 9.64 Å². The average Bonchev–Trinajstić information content (AvgIpc) is 2.99. The predicted molar refractivity (Wildman–Crippen MR) is 81.5 cm³/mol. The number of nitrogens with zero attached hydrogens (tertiary/aromatic N) is 3. The average molecular weight is 341 g/mol. The molecule has 130 valence electrons. The lowest BCUT2D eigenvalue weighted by Gasteiger charge is -2.16. The van der Waals surface area contributed by atoms with Crippen molar-refractivity contribution in [2.75, 3.05) is 20.3 Å². The summed E-state index contributed by atoms with van der Waals surface area (Å²) >= 11 is 0. The second kappa shape index (κ2) is 7.96. The molecule has 1 aromatic carbocycles. The fourth-order valence-corrected chi connectivity index (χ4v) is 2.06. The van der Waals surface area contributed by atoms with Crippen molar-refractivity contribution in [3.8, 4) is 5.69 Å². The molecule has 1 heterocycles. The van der Waals surface area contributed by atoms with Gasteiger partial charge in [0.1, 0.15) is 6.61 Å². The zero-order valence-electron chi connectivity index (χ0n) is 13.2. The molecule has 8 heteroatoms. The van der Waals surface area contributed by atoms with Crippen molar-refractivity contribution in [1.29, 1.82) is 0 Å². The molecular formula is C16H18F3N3O2. The third kappa shape index (κ3) is 5.69. The number of halogens is 3. The van der Waals surface area contributed by atoms with Crippen molar-refractivity contribution >= 4 is 5.91 Å². The molecule has 1 aromatic heterocycles. The summed E-state index contributed by atoms with van der Waals surface area (Å²) in [5.41, 5.74) is 1.73. The first kappa shape index (κ1) is 18.0. The Labute approximate surface area is 137 Å². The number of carbonyl (C=O) groups is 1. The summed E-state index contributed by atoms with van der Waals surface area (Å²) in [4.78, 5) is 13.3. The molecule has 1 amide bonds. The molecule has 0 aliphatic heterocycles. The first-order valence-corrected chi connectivity index (χ1v) is 7.32. The fourth-order valence-electron chi connectivity index (χ4n) is 2.06. The minimum Gasteiger partial charge on any atom is -0.372 e. The Morgan fingerprint density at radius 3 is 2.67 bits per heavy atom. The highest BCUT2D eigenvalue weighted by molar-refractivity contribution is 5.75. The van der Waals surface area contributed by atoms with Crippen molar-refractivity contribution < 1.29 is 22.7 Å². The SMILES string of the molecule is CN(Cc1cnn(-c2ccccc2)c1)C(=O)CCOCC(F)(F)F. The summed E-state index contributed by atoms with van der Waals surface area (Å²) in [7, 11) is 1.59. The van der Waals surface area contributed by atoms with E-state index in [9.17, 15) is 18.0 Å². The van der Waals surface area contributed by atoms with Gasteiger partial charge in [0.05, 0.1) is 24.9 Å². The largest absolute Gasteiger partial charge is 0.411 e. The number of aromatic nitrogens is 2. The van der Waals surface area contributed by atoms with Gasteiger partial charge in [0, 0.05) is 25.4 Å². The lowest BCUT2D eigenvalue weighted by Crippen LogP contribution is -2.27. The third-order valence-electron chi connectivity index (χ3n) is 3.23. The van der Waals surface area contributed by atoms with Gasteiger partial charge in [-0.3, -0.25) is 4.79 Å². The lowest BCUT2D eigenvalue weighted by atomic mass is 10.3. The Hall–Kier alpha value is -2.35. The number of ether oxygens (including phenoxy) is 1. The highest BCUT2D eigenvalue weighted by Gasteiger charge is 2.27. The predicted octanol–water partition coefficient (Wildman–Crippen LogP) is 2.80. The van der Waals surface area contributed by atoms with Crippen LogP contribution in [-0.4, -0.2) is 47.0 Å². The normalized spacial score (nSPS) is 11.5. The Morgan fingerprint density at radius 1 is 1.29 bits per heavy atom. The Balaban J connectivity index is 1.81. The second-order valence-electron chi connectivity index (χ2n) is 5.30. The maximum atomic E-state index is 11.9. The molecule has 0 atom stereocenters. The summed E-state index contributed by atoms with van der Waals surface area (Å²) in [5.74, 6) is -0.287. The number of hydrogen-bond acceptors (Lipinski definition) is 3. The van der Waals surface area contributed by atoms with E-state index in [2.05, 4.69) is 9.84 Å². The van der Waals surface area contributed by atoms with E-state index in [1.165, 1.54) is 4.90 Å². The molecule has 0 spiro atoms. The fraction of sp³-hybridized carbons (Fsp3) is 0.375. The van der Waals surface area contributed by atoms with Crippen LogP contribution in [0.4, 0.5) is 13.2 Å². The van der Waals surface area contributed by atoms with Gasteiger partial charge in [0.15, 0.2) is 0 Å². The van der Waals surface area contributed by atoms with E-state index < -0.39 is 12.8 Å². The topological polar surface area (TPSA) is 47.4 Å². The van der Waals surface area contributed by atoms with E-state index in [0.717, 1.165) is 11.3 Å². The molecule has 0 aliphatic carbocycles. The molecule has 0 saturated heterocycles. The molecule has 0 saturated carbocycles. The Bertz CT molecular complexity index is 656. The number of hydrogen-bond donors (Lipinski definition) is 0. The first-order valence-electron chi connectivity index (χ1n) is 7.32. The van der Waals surface area contributed by atoms with Crippen molar-refractivity contribution in [2.24, 2.45) is 0 Å². The van der Waals surface area contributed by atoms with Crippen molar-refractivity contribution in [3.05, 3.63) is 48.3 Å². The van der Waals surface area contributed by atoms with Crippen LogP contribution in [-0.2, 0) is 16.1 Å². The van der Waals surface area contributed by atoms with Crippen LogP contribution < -0.4 is 0 Å². The van der Waals surface area contributed by atoms with E-state index in [-0.39, 0.29) is 18.9 Å². The molecule has 5 nitrogen and oxygen atoms in total. The summed E-state index contributed by atoms with van der Waals surface area (Å²) in [6, 6.07) is 9.51. The number of benzene rings is 1. The summed E-state index contributed by atoms with van der Waals surface area (Å²) in [6.45, 7) is -1.27. The number of carbonyl (C=O) groups excluding carboxylic acids is 1. The number of rotatable bonds is 7. The molecule has 0 unspecified atom stereocenters. The van der Waals surface area contributed by atoms with Gasteiger partial charge in [-0.1, -0.05) is 18.2 Å². The molecule has 0 fully saturated rings. The van der Waals surface area contributed by atoms with E-state index in [4.69, 9.17) is 0 Å². The van der Waals surface area contributed by atoms with Crippen LogP contribution in [0.1, 0.15) is 12.0 Å². The van der Waals surface area contributed by atoms with Crippen molar-refractivity contribution in [3.63, 3.8) is 0 Å². The van der Waals surface area contributed by atoms with E-state index in [1.54, 1.807) is 24.1 Å². The van der Waals surface area contributed by atoms with Crippen LogP contribution in [0.5, 0.6) is 0 Å². The smallest absolute Gasteiger partial charge is 0.372 e. The van der Waals surface area contributed by atoms with Crippen LogP contribution in [0.3, 0.4) is 0 Å². The minimum absolute atomic E-state index is 0.0978. The first-order chi connectivity index (χ1) is 11.3. The molecule has 0 aliphatic rings. The zero-order valence-corrected chi connectivity index (χ0v) is 13.2. The zero-order chi connectivity index (χ0) is 17.6. The molecule has 24 heavy (non-hydrogen) atoms. The molecule has 2 aromatic rings. The monoisotopic (exact) mass is 341 g/mol. The maximum Gasteiger partial charge on any atom is 0.411 e. The number of para-hydroxylation sites is 1. The van der Waals surface area contributed by atoms with Gasteiger partial charge in [0.25, 0.3) is 0 Å². The van der Waals surface area contributed by atoms with Crippen LogP contribution in [0, 0.1) is 0 Å². The van der Waals surface area contributed by atoms with E-state index >= 15 is 0 Å². The maximum absolute atomic E-state index is 11.9. The van der Waals surface area contributed by atoms with Gasteiger partial charge in [-0.25, -0.2) is 4.68 Å². The standard InChI is InChI=1S/C16H18F3N3O2/c1-21(15(23)7-8-24-12-16(17,18)19)10-13-9-20-22(11-13)14-5-3-2-4-6-14/h2-6,9,11H,7-8,10,12H2,1H3. The molecule has 0 radical (unpaired) electrons. The Kier molecular flexibility index (Phi) is 5.97. The van der Waals surface area contributed by atoms with Gasteiger partial charge >= 0.3 is 6.18 Å². The van der Waals surface area contributed by atoms with Crippen LogP contribution in [0.25, 0.3) is 5.69 Å².